The van der Waals surface area contributed by atoms with Gasteiger partial charge in [0.15, 0.2) is 5.58 Å². The predicted octanol–water partition coefficient (Wildman–Crippen LogP) is 3.96. The van der Waals surface area contributed by atoms with Crippen LogP contribution in [0.3, 0.4) is 0 Å². The van der Waals surface area contributed by atoms with E-state index in [-0.39, 0.29) is 10.3 Å². The first kappa shape index (κ1) is 19.6. The van der Waals surface area contributed by atoms with Gasteiger partial charge in [0, 0.05) is 19.5 Å². The Hall–Kier alpha value is -1.38. The summed E-state index contributed by atoms with van der Waals surface area (Å²) in [5.74, 6) is 2.96. The topological polar surface area (TPSA) is 80.5 Å². The maximum atomic E-state index is 13.2. The molecule has 0 aliphatic heterocycles. The monoisotopic (exact) mass is 434 g/mol. The Kier molecular flexibility index (Phi) is 4.60. The standard InChI is InChI=1S/C21H26N2O4S2/c1-23(2)29(25,26)16-3-4-18-17(8-16)22-20(27-18)28-12-19(24)21-9-13-5-14(10-21)7-15(6-13)11-21/h3-4,8,13-15H,5-7,9-12H2,1-2H3. The average molecular weight is 435 g/mol. The Morgan fingerprint density at radius 1 is 1.17 bits per heavy atom. The van der Waals surface area contributed by atoms with Gasteiger partial charge in [-0.25, -0.2) is 17.7 Å². The van der Waals surface area contributed by atoms with E-state index in [1.165, 1.54) is 61.6 Å². The third-order valence-corrected chi connectivity index (χ3v) is 9.71. The fraction of sp³-hybridized carbons (Fsp3) is 0.619. The van der Waals surface area contributed by atoms with Gasteiger partial charge in [0.1, 0.15) is 11.3 Å². The first-order chi connectivity index (χ1) is 13.7. The highest BCUT2D eigenvalue weighted by Gasteiger charge is 2.54. The third-order valence-electron chi connectivity index (χ3n) is 7.07. The van der Waals surface area contributed by atoms with Crippen molar-refractivity contribution < 1.29 is 17.6 Å². The largest absolute Gasteiger partial charge is 0.431 e. The molecule has 1 aromatic heterocycles. The molecule has 4 saturated carbocycles. The van der Waals surface area contributed by atoms with Crippen molar-refractivity contribution in [2.75, 3.05) is 19.8 Å². The normalized spacial score (nSPS) is 31.1. The number of carbonyl (C=O) groups is 1. The maximum absolute atomic E-state index is 13.2. The highest BCUT2D eigenvalue weighted by Crippen LogP contribution is 2.60. The Balaban J connectivity index is 1.32. The molecule has 0 saturated heterocycles. The van der Waals surface area contributed by atoms with Gasteiger partial charge in [-0.05, 0) is 74.5 Å². The van der Waals surface area contributed by atoms with Crippen molar-refractivity contribution >= 4 is 38.7 Å². The van der Waals surface area contributed by atoms with Gasteiger partial charge in [-0.2, -0.15) is 0 Å². The number of hydrogen-bond acceptors (Lipinski definition) is 6. The minimum atomic E-state index is -3.52. The van der Waals surface area contributed by atoms with Gasteiger partial charge in [0.25, 0.3) is 5.22 Å². The number of sulfonamides is 1. The van der Waals surface area contributed by atoms with Crippen LogP contribution in [0.25, 0.3) is 11.1 Å². The zero-order valence-electron chi connectivity index (χ0n) is 16.8. The molecule has 29 heavy (non-hydrogen) atoms. The van der Waals surface area contributed by atoms with Crippen molar-refractivity contribution in [3.8, 4) is 0 Å². The number of nitrogens with zero attached hydrogens (tertiary/aromatic N) is 2. The molecular weight excluding hydrogens is 408 g/mol. The average Bonchev–Trinajstić information content (AvgIpc) is 3.07. The van der Waals surface area contributed by atoms with Crippen LogP contribution in [-0.4, -0.2) is 43.3 Å². The van der Waals surface area contributed by atoms with Crippen molar-refractivity contribution in [1.29, 1.82) is 0 Å². The Bertz CT molecular complexity index is 1040. The molecule has 2 aromatic rings. The number of benzene rings is 1. The lowest BCUT2D eigenvalue weighted by Gasteiger charge is -2.55. The van der Waals surface area contributed by atoms with Crippen molar-refractivity contribution in [2.45, 2.75) is 48.6 Å². The first-order valence-electron chi connectivity index (χ1n) is 10.2. The second kappa shape index (κ2) is 6.82. The summed E-state index contributed by atoms with van der Waals surface area (Å²) >= 11 is 1.34. The van der Waals surface area contributed by atoms with E-state index in [0.29, 0.717) is 27.9 Å². The molecule has 0 spiro atoms. The summed E-state index contributed by atoms with van der Waals surface area (Å²) in [5.41, 5.74) is 0.922. The van der Waals surface area contributed by atoms with E-state index in [9.17, 15) is 13.2 Å². The Morgan fingerprint density at radius 2 is 1.79 bits per heavy atom. The number of Topliss-reactive ketones (excluding diaryl/α,β-unsaturated/α-hetero) is 1. The molecule has 1 heterocycles. The smallest absolute Gasteiger partial charge is 0.257 e. The third kappa shape index (κ3) is 3.33. The number of oxazole rings is 1. The van der Waals surface area contributed by atoms with Gasteiger partial charge in [0.05, 0.1) is 10.6 Å². The van der Waals surface area contributed by atoms with Gasteiger partial charge in [0.2, 0.25) is 10.0 Å². The van der Waals surface area contributed by atoms with Crippen LogP contribution in [0, 0.1) is 23.2 Å². The van der Waals surface area contributed by atoms with E-state index < -0.39 is 10.0 Å². The number of fused-ring (bicyclic) bond motifs is 1. The van der Waals surface area contributed by atoms with Crippen LogP contribution in [0.4, 0.5) is 0 Å². The number of aromatic nitrogens is 1. The minimum absolute atomic E-state index is 0.110. The molecule has 4 aliphatic carbocycles. The van der Waals surface area contributed by atoms with Gasteiger partial charge in [-0.3, -0.25) is 4.79 Å². The van der Waals surface area contributed by atoms with E-state index in [0.717, 1.165) is 37.0 Å². The summed E-state index contributed by atoms with van der Waals surface area (Å²) in [7, 11) is -0.521. The summed E-state index contributed by atoms with van der Waals surface area (Å²) in [4.78, 5) is 17.8. The molecule has 8 heteroatoms. The molecule has 0 atom stereocenters. The van der Waals surface area contributed by atoms with E-state index in [2.05, 4.69) is 4.98 Å². The van der Waals surface area contributed by atoms with Crippen LogP contribution in [0.2, 0.25) is 0 Å². The van der Waals surface area contributed by atoms with Crippen LogP contribution >= 0.6 is 11.8 Å². The molecule has 4 bridgehead atoms. The molecule has 4 aliphatic rings. The minimum Gasteiger partial charge on any atom is -0.431 e. The number of carbonyl (C=O) groups excluding carboxylic acids is 1. The summed E-state index contributed by atoms with van der Waals surface area (Å²) < 4.78 is 31.6. The van der Waals surface area contributed by atoms with Crippen LogP contribution in [0.5, 0.6) is 0 Å². The number of ketones is 1. The quantitative estimate of drug-likeness (QED) is 0.640. The Morgan fingerprint density at radius 3 is 2.38 bits per heavy atom. The molecule has 1 aromatic carbocycles. The zero-order chi connectivity index (χ0) is 20.4. The Labute approximate surface area is 175 Å². The number of thioether (sulfide) groups is 1. The molecule has 6 nitrogen and oxygen atoms in total. The van der Waals surface area contributed by atoms with E-state index >= 15 is 0 Å². The fourth-order valence-electron chi connectivity index (χ4n) is 6.05. The lowest BCUT2D eigenvalue weighted by atomic mass is 9.48. The van der Waals surface area contributed by atoms with E-state index in [1.807, 2.05) is 0 Å². The zero-order valence-corrected chi connectivity index (χ0v) is 18.4. The fourth-order valence-corrected chi connectivity index (χ4v) is 7.85. The van der Waals surface area contributed by atoms with Gasteiger partial charge in [-0.15, -0.1) is 0 Å². The molecule has 156 valence electrons. The molecule has 4 fully saturated rings. The second-order valence-corrected chi connectivity index (χ2v) is 12.4. The van der Waals surface area contributed by atoms with Crippen molar-refractivity contribution in [2.24, 2.45) is 23.2 Å². The van der Waals surface area contributed by atoms with Gasteiger partial charge >= 0.3 is 0 Å². The predicted molar refractivity (Wildman–Crippen MR) is 111 cm³/mol. The van der Waals surface area contributed by atoms with Crippen LogP contribution in [0.15, 0.2) is 32.7 Å². The highest BCUT2D eigenvalue weighted by atomic mass is 32.2. The highest BCUT2D eigenvalue weighted by molar-refractivity contribution is 7.99. The van der Waals surface area contributed by atoms with Crippen molar-refractivity contribution in [3.63, 3.8) is 0 Å². The summed E-state index contributed by atoms with van der Waals surface area (Å²) in [6, 6.07) is 4.68. The molecule has 0 N–H and O–H groups in total. The van der Waals surface area contributed by atoms with Crippen molar-refractivity contribution in [3.05, 3.63) is 18.2 Å². The summed E-state index contributed by atoms with van der Waals surface area (Å²) in [6.45, 7) is 0. The molecular formula is C21H26N2O4S2. The molecule has 6 rings (SSSR count). The van der Waals surface area contributed by atoms with E-state index in [1.54, 1.807) is 6.07 Å². The SMILES string of the molecule is CN(C)S(=O)(=O)c1ccc2oc(SCC(=O)C34CC5CC(CC(C5)C3)C4)nc2c1. The number of hydrogen-bond donors (Lipinski definition) is 0. The summed E-state index contributed by atoms with van der Waals surface area (Å²) in [6.07, 6.45) is 7.17. The van der Waals surface area contributed by atoms with Crippen molar-refractivity contribution in [1.82, 2.24) is 9.29 Å². The van der Waals surface area contributed by atoms with E-state index in [4.69, 9.17) is 4.42 Å². The molecule has 0 radical (unpaired) electrons. The second-order valence-electron chi connectivity index (χ2n) is 9.31. The van der Waals surface area contributed by atoms with Crippen LogP contribution in [0.1, 0.15) is 38.5 Å². The van der Waals surface area contributed by atoms with Gasteiger partial charge < -0.3 is 4.42 Å². The molecule has 0 amide bonds. The lowest BCUT2D eigenvalue weighted by Crippen LogP contribution is -2.50. The summed E-state index contributed by atoms with van der Waals surface area (Å²) in [5, 5.41) is 0.428. The number of rotatable bonds is 6. The van der Waals surface area contributed by atoms with Crippen LogP contribution in [-0.2, 0) is 14.8 Å². The van der Waals surface area contributed by atoms with Gasteiger partial charge in [-0.1, -0.05) is 11.8 Å². The first-order valence-corrected chi connectivity index (χ1v) is 12.7. The lowest BCUT2D eigenvalue weighted by molar-refractivity contribution is -0.141. The maximum Gasteiger partial charge on any atom is 0.257 e. The van der Waals surface area contributed by atoms with Crippen LogP contribution < -0.4 is 0 Å². The molecule has 0 unspecified atom stereocenters.